The van der Waals surface area contributed by atoms with Crippen molar-refractivity contribution >= 4 is 58.1 Å². The fourth-order valence-corrected chi connectivity index (χ4v) is 5.92. The third-order valence-corrected chi connectivity index (χ3v) is 7.54. The molecule has 172 valence electrons. The predicted molar refractivity (Wildman–Crippen MR) is 132 cm³/mol. The number of hydrogen-bond donors (Lipinski definition) is 1. The molecule has 3 amide bonds. The van der Waals surface area contributed by atoms with E-state index < -0.39 is 22.5 Å². The number of nitrogens with zero attached hydrogens (tertiary/aromatic N) is 2. The molecule has 34 heavy (non-hydrogen) atoms. The molecule has 0 saturated carbocycles. The molecule has 1 N–H and O–H groups in total. The van der Waals surface area contributed by atoms with Crippen LogP contribution in [-0.4, -0.2) is 30.0 Å². The number of thioether (sulfide) groups is 1. The molecule has 5 rings (SSSR count). The number of rotatable bonds is 4. The summed E-state index contributed by atoms with van der Waals surface area (Å²) in [6.07, 6.45) is 0. The average Bonchev–Trinajstić information content (AvgIpc) is 3.26. The Labute approximate surface area is 204 Å². The van der Waals surface area contributed by atoms with E-state index in [0.717, 1.165) is 5.56 Å². The molecule has 2 heterocycles. The van der Waals surface area contributed by atoms with Gasteiger partial charge in [0.1, 0.15) is 12.4 Å². The minimum absolute atomic E-state index is 0.0509. The molecule has 0 radical (unpaired) electrons. The van der Waals surface area contributed by atoms with Gasteiger partial charge >= 0.3 is 0 Å². The van der Waals surface area contributed by atoms with Crippen molar-refractivity contribution in [3.8, 4) is 0 Å². The zero-order valence-corrected chi connectivity index (χ0v) is 19.6. The van der Waals surface area contributed by atoms with Crippen molar-refractivity contribution in [2.24, 2.45) is 0 Å². The fraction of sp³-hybridized carbons (Fsp3) is 0.160. The number of nitrogens with one attached hydrogen (secondary N) is 1. The Morgan fingerprint density at radius 3 is 2.68 bits per heavy atom. The van der Waals surface area contributed by atoms with Crippen LogP contribution in [0.1, 0.15) is 11.1 Å². The normalized spacial score (nSPS) is 19.1. The van der Waals surface area contributed by atoms with Gasteiger partial charge in [-0.1, -0.05) is 47.5 Å². The van der Waals surface area contributed by atoms with Gasteiger partial charge in [0, 0.05) is 11.3 Å². The van der Waals surface area contributed by atoms with Crippen LogP contribution in [0.3, 0.4) is 0 Å². The van der Waals surface area contributed by atoms with Crippen molar-refractivity contribution in [1.29, 1.82) is 0 Å². The monoisotopic (exact) mass is 495 g/mol. The molecule has 1 spiro atoms. The summed E-state index contributed by atoms with van der Waals surface area (Å²) in [6.45, 7) is 1.62. The maximum absolute atomic E-state index is 14.1. The molecule has 2 aliphatic heterocycles. The Balaban J connectivity index is 1.56. The molecular formula is C25H19ClFN3O3S. The van der Waals surface area contributed by atoms with E-state index in [1.807, 2.05) is 19.1 Å². The van der Waals surface area contributed by atoms with Gasteiger partial charge in [-0.3, -0.25) is 24.2 Å². The van der Waals surface area contributed by atoms with Gasteiger partial charge in [-0.15, -0.1) is 11.8 Å². The molecule has 6 nitrogen and oxygen atoms in total. The molecule has 0 unspecified atom stereocenters. The van der Waals surface area contributed by atoms with Gasteiger partial charge in [0.15, 0.2) is 0 Å². The minimum Gasteiger partial charge on any atom is -0.323 e. The van der Waals surface area contributed by atoms with Crippen molar-refractivity contribution in [3.63, 3.8) is 0 Å². The first-order chi connectivity index (χ1) is 16.3. The zero-order chi connectivity index (χ0) is 24.0. The highest BCUT2D eigenvalue weighted by atomic mass is 35.5. The average molecular weight is 496 g/mol. The number of fused-ring (bicyclic) bond motifs is 2. The highest BCUT2D eigenvalue weighted by Crippen LogP contribution is 2.55. The third-order valence-electron chi connectivity index (χ3n) is 5.83. The Morgan fingerprint density at radius 2 is 1.91 bits per heavy atom. The second-order valence-corrected chi connectivity index (χ2v) is 9.66. The van der Waals surface area contributed by atoms with E-state index in [1.54, 1.807) is 36.4 Å². The first-order valence-electron chi connectivity index (χ1n) is 10.5. The van der Waals surface area contributed by atoms with E-state index in [4.69, 9.17) is 11.6 Å². The van der Waals surface area contributed by atoms with Gasteiger partial charge in [-0.2, -0.15) is 0 Å². The predicted octanol–water partition coefficient (Wildman–Crippen LogP) is 4.71. The highest BCUT2D eigenvalue weighted by molar-refractivity contribution is 8.02. The Kier molecular flexibility index (Phi) is 5.58. The SMILES string of the molecule is Cc1ccc2c(c1)[C@]1(SCC(=O)N1c1cccc(F)c1)C(=O)N2CC(=O)Nc1ccccc1Cl. The van der Waals surface area contributed by atoms with Crippen molar-refractivity contribution in [2.45, 2.75) is 11.8 Å². The summed E-state index contributed by atoms with van der Waals surface area (Å²) in [7, 11) is 0. The minimum atomic E-state index is -1.42. The number of halogens is 2. The lowest BCUT2D eigenvalue weighted by Gasteiger charge is -2.33. The van der Waals surface area contributed by atoms with E-state index in [1.165, 1.54) is 39.8 Å². The largest absolute Gasteiger partial charge is 0.323 e. The van der Waals surface area contributed by atoms with Crippen LogP contribution < -0.4 is 15.1 Å². The summed E-state index contributed by atoms with van der Waals surface area (Å²) in [5.41, 5.74) is 2.76. The van der Waals surface area contributed by atoms with Crippen LogP contribution >= 0.6 is 23.4 Å². The van der Waals surface area contributed by atoms with Crippen LogP contribution in [0.2, 0.25) is 5.02 Å². The summed E-state index contributed by atoms with van der Waals surface area (Å²) >= 11 is 7.33. The molecule has 3 aromatic carbocycles. The maximum atomic E-state index is 14.1. The number of anilines is 3. The summed E-state index contributed by atoms with van der Waals surface area (Å²) in [5.74, 6) is -1.63. The first-order valence-corrected chi connectivity index (χ1v) is 11.9. The Hall–Kier alpha value is -3.36. The zero-order valence-electron chi connectivity index (χ0n) is 18.0. The molecule has 1 saturated heterocycles. The molecule has 1 atom stereocenters. The number of aryl methyl sites for hydroxylation is 1. The van der Waals surface area contributed by atoms with E-state index >= 15 is 0 Å². The number of carbonyl (C=O) groups is 3. The molecule has 3 aromatic rings. The van der Waals surface area contributed by atoms with Crippen molar-refractivity contribution in [2.75, 3.05) is 27.4 Å². The number of carbonyl (C=O) groups excluding carboxylic acids is 3. The van der Waals surface area contributed by atoms with E-state index in [2.05, 4.69) is 5.32 Å². The standard InChI is InChI=1S/C25H19ClFN3O3S/c1-15-9-10-21-18(11-15)25(30(23(32)14-34-25)17-6-4-5-16(27)12-17)24(33)29(21)13-22(31)28-20-8-3-2-7-19(20)26/h2-12H,13-14H2,1H3,(H,28,31)/t25-/m0/s1. The molecule has 1 fully saturated rings. The quantitative estimate of drug-likeness (QED) is 0.569. The molecule has 0 aliphatic carbocycles. The van der Waals surface area contributed by atoms with Gasteiger partial charge in [0.2, 0.25) is 16.7 Å². The van der Waals surface area contributed by atoms with E-state index in [9.17, 15) is 18.8 Å². The first kappa shape index (κ1) is 22.4. The van der Waals surface area contributed by atoms with Crippen LogP contribution in [-0.2, 0) is 19.3 Å². The van der Waals surface area contributed by atoms with E-state index in [0.29, 0.717) is 22.0 Å². The second kappa shape index (κ2) is 8.45. The summed E-state index contributed by atoms with van der Waals surface area (Å²) in [4.78, 5) is 41.2. The second-order valence-electron chi connectivity index (χ2n) is 8.08. The van der Waals surface area contributed by atoms with E-state index in [-0.39, 0.29) is 23.9 Å². The Morgan fingerprint density at radius 1 is 1.12 bits per heavy atom. The highest BCUT2D eigenvalue weighted by Gasteiger charge is 2.61. The Bertz CT molecular complexity index is 1350. The fourth-order valence-electron chi connectivity index (χ4n) is 4.38. The molecular weight excluding hydrogens is 477 g/mol. The number of amides is 3. The number of para-hydroxylation sites is 1. The number of hydrogen-bond acceptors (Lipinski definition) is 4. The number of benzene rings is 3. The van der Waals surface area contributed by atoms with Crippen LogP contribution in [0.5, 0.6) is 0 Å². The van der Waals surface area contributed by atoms with Gasteiger partial charge < -0.3 is 5.32 Å². The molecule has 0 bridgehead atoms. The summed E-state index contributed by atoms with van der Waals surface area (Å²) < 4.78 is 14.1. The van der Waals surface area contributed by atoms with Crippen molar-refractivity contribution in [3.05, 3.63) is 88.7 Å². The van der Waals surface area contributed by atoms with Crippen LogP contribution in [0.15, 0.2) is 66.7 Å². The lowest BCUT2D eigenvalue weighted by atomic mass is 10.0. The van der Waals surface area contributed by atoms with Gasteiger partial charge in [0.25, 0.3) is 5.91 Å². The smallest absolute Gasteiger partial charge is 0.269 e. The summed E-state index contributed by atoms with van der Waals surface area (Å²) in [6, 6.07) is 17.9. The van der Waals surface area contributed by atoms with Crippen molar-refractivity contribution in [1.82, 2.24) is 0 Å². The van der Waals surface area contributed by atoms with Crippen LogP contribution in [0.25, 0.3) is 0 Å². The van der Waals surface area contributed by atoms with Gasteiger partial charge in [-0.05, 0) is 43.3 Å². The topological polar surface area (TPSA) is 69.7 Å². The lowest BCUT2D eigenvalue weighted by Crippen LogP contribution is -2.51. The van der Waals surface area contributed by atoms with Crippen LogP contribution in [0, 0.1) is 12.7 Å². The summed E-state index contributed by atoms with van der Waals surface area (Å²) in [5, 5.41) is 3.12. The lowest BCUT2D eigenvalue weighted by molar-refractivity contribution is -0.124. The van der Waals surface area contributed by atoms with Crippen LogP contribution in [0.4, 0.5) is 21.5 Å². The van der Waals surface area contributed by atoms with Gasteiger partial charge in [0.05, 0.1) is 22.2 Å². The molecule has 2 aliphatic rings. The van der Waals surface area contributed by atoms with Crippen molar-refractivity contribution < 1.29 is 18.8 Å². The third kappa shape index (κ3) is 3.54. The maximum Gasteiger partial charge on any atom is 0.269 e. The molecule has 0 aromatic heterocycles. The molecule has 9 heteroatoms. The van der Waals surface area contributed by atoms with Gasteiger partial charge in [-0.25, -0.2) is 4.39 Å².